The summed E-state index contributed by atoms with van der Waals surface area (Å²) in [4.78, 5) is 7.83. The number of H-pyrrole nitrogens is 1. The van der Waals surface area contributed by atoms with Gasteiger partial charge in [-0.25, -0.2) is 13.8 Å². The third-order valence-electron chi connectivity index (χ3n) is 5.17. The normalized spacial score (nSPS) is 11.9. The number of nitrogens with zero attached hydrogens (tertiary/aromatic N) is 1. The highest BCUT2D eigenvalue weighted by Gasteiger charge is 2.09. The Morgan fingerprint density at radius 1 is 0.677 bits per heavy atom. The topological polar surface area (TPSA) is 28.7 Å². The Hall–Kier alpha value is -4.05. The van der Waals surface area contributed by atoms with Crippen molar-refractivity contribution in [3.05, 3.63) is 113 Å². The summed E-state index contributed by atoms with van der Waals surface area (Å²) in [5, 5.41) is 2.05. The summed E-state index contributed by atoms with van der Waals surface area (Å²) in [5.74, 6) is -0.515. The molecule has 1 N–H and O–H groups in total. The van der Waals surface area contributed by atoms with Crippen LogP contribution < -0.4 is 0 Å². The Bertz CT molecular complexity index is 1460. The maximum absolute atomic E-state index is 13.5. The number of halogens is 2. The Kier molecular flexibility index (Phi) is 4.89. The van der Waals surface area contributed by atoms with Gasteiger partial charge in [0.2, 0.25) is 0 Å². The van der Waals surface area contributed by atoms with Crippen molar-refractivity contribution in [2.24, 2.45) is 0 Å². The molecule has 4 heteroatoms. The number of aromatic nitrogens is 2. The first kappa shape index (κ1) is 18.9. The van der Waals surface area contributed by atoms with E-state index in [4.69, 9.17) is 0 Å². The van der Waals surface area contributed by atoms with E-state index in [1.165, 1.54) is 24.3 Å². The van der Waals surface area contributed by atoms with E-state index in [2.05, 4.69) is 16.0 Å². The van der Waals surface area contributed by atoms with Crippen molar-refractivity contribution in [1.82, 2.24) is 9.97 Å². The number of fused-ring (bicyclic) bond motifs is 3. The number of hydrogen-bond donors (Lipinski definition) is 1. The van der Waals surface area contributed by atoms with Crippen molar-refractivity contribution < 1.29 is 8.78 Å². The van der Waals surface area contributed by atoms with Crippen LogP contribution in [0, 0.1) is 11.6 Å². The lowest BCUT2D eigenvalue weighted by Crippen LogP contribution is -1.81. The predicted octanol–water partition coefficient (Wildman–Crippen LogP) is 7.34. The number of pyridine rings is 1. The zero-order chi connectivity index (χ0) is 21.2. The summed E-state index contributed by atoms with van der Waals surface area (Å²) in [5.41, 5.74) is 5.37. The van der Waals surface area contributed by atoms with Gasteiger partial charge in [-0.3, -0.25) is 0 Å². The van der Waals surface area contributed by atoms with E-state index in [0.717, 1.165) is 44.2 Å². The molecule has 0 amide bonds. The molecule has 2 nitrogen and oxygen atoms in total. The maximum atomic E-state index is 13.5. The van der Waals surface area contributed by atoms with Crippen LogP contribution in [0.1, 0.15) is 22.3 Å². The van der Waals surface area contributed by atoms with Crippen LogP contribution in [-0.2, 0) is 0 Å². The van der Waals surface area contributed by atoms with Crippen LogP contribution in [0.25, 0.3) is 46.2 Å². The van der Waals surface area contributed by atoms with Gasteiger partial charge in [0.15, 0.2) is 0 Å². The lowest BCUT2D eigenvalue weighted by molar-refractivity contribution is 0.627. The lowest BCUT2D eigenvalue weighted by atomic mass is 10.0. The van der Waals surface area contributed by atoms with E-state index in [1.807, 2.05) is 54.6 Å². The molecule has 5 aromatic rings. The fraction of sp³-hybridized carbons (Fsp3) is 0. The molecule has 3 aromatic carbocycles. The Morgan fingerprint density at radius 2 is 1.32 bits per heavy atom. The molecule has 0 aliphatic heterocycles. The van der Waals surface area contributed by atoms with E-state index in [9.17, 15) is 8.78 Å². The zero-order valence-corrected chi connectivity index (χ0v) is 16.5. The molecule has 0 radical (unpaired) electrons. The summed E-state index contributed by atoms with van der Waals surface area (Å²) in [6.07, 6.45) is 9.48. The van der Waals surface area contributed by atoms with E-state index in [-0.39, 0.29) is 11.6 Å². The van der Waals surface area contributed by atoms with E-state index in [0.29, 0.717) is 0 Å². The van der Waals surface area contributed by atoms with Gasteiger partial charge < -0.3 is 4.98 Å². The van der Waals surface area contributed by atoms with Crippen LogP contribution in [0.3, 0.4) is 0 Å². The van der Waals surface area contributed by atoms with Crippen LogP contribution in [0.15, 0.2) is 79.0 Å². The highest BCUT2D eigenvalue weighted by molar-refractivity contribution is 6.10. The number of hydrogen-bond acceptors (Lipinski definition) is 1. The molecule has 2 aromatic heterocycles. The fourth-order valence-corrected chi connectivity index (χ4v) is 3.70. The second-order valence-electron chi connectivity index (χ2n) is 7.33. The Labute approximate surface area is 178 Å². The van der Waals surface area contributed by atoms with Gasteiger partial charge in [0.1, 0.15) is 17.3 Å². The molecule has 0 fully saturated rings. The van der Waals surface area contributed by atoms with Gasteiger partial charge in [-0.15, -0.1) is 0 Å². The minimum absolute atomic E-state index is 0.255. The highest BCUT2D eigenvalue weighted by atomic mass is 19.1. The predicted molar refractivity (Wildman–Crippen MR) is 124 cm³/mol. The van der Waals surface area contributed by atoms with E-state index < -0.39 is 0 Å². The molecule has 31 heavy (non-hydrogen) atoms. The number of benzene rings is 3. The third-order valence-corrected chi connectivity index (χ3v) is 5.17. The molecular formula is C27H18F2N2. The maximum Gasteiger partial charge on any atom is 0.138 e. The van der Waals surface area contributed by atoms with Crippen LogP contribution in [-0.4, -0.2) is 9.97 Å². The van der Waals surface area contributed by atoms with Gasteiger partial charge in [0.05, 0.1) is 0 Å². The van der Waals surface area contributed by atoms with E-state index in [1.54, 1.807) is 18.3 Å². The molecule has 5 rings (SSSR count). The van der Waals surface area contributed by atoms with Crippen molar-refractivity contribution in [3.63, 3.8) is 0 Å². The third kappa shape index (κ3) is 4.01. The van der Waals surface area contributed by atoms with Gasteiger partial charge in [0.25, 0.3) is 0 Å². The molecular weight excluding hydrogens is 390 g/mol. The SMILES string of the molecule is Fc1cccc(C=Cc2ccc3[nH]c4nccc(C=Cc5cccc(F)c5)c4c3c2)c1. The van der Waals surface area contributed by atoms with Gasteiger partial charge >= 0.3 is 0 Å². The first-order valence-corrected chi connectivity index (χ1v) is 9.93. The van der Waals surface area contributed by atoms with Gasteiger partial charge in [-0.05, 0) is 64.7 Å². The second kappa shape index (κ2) is 8.00. The van der Waals surface area contributed by atoms with Crippen molar-refractivity contribution >= 4 is 46.2 Å². The van der Waals surface area contributed by atoms with Crippen molar-refractivity contribution in [3.8, 4) is 0 Å². The minimum Gasteiger partial charge on any atom is -0.339 e. The first-order valence-electron chi connectivity index (χ1n) is 9.93. The average Bonchev–Trinajstić information content (AvgIpc) is 3.15. The molecule has 0 aliphatic carbocycles. The largest absolute Gasteiger partial charge is 0.339 e. The Morgan fingerprint density at radius 3 is 2.00 bits per heavy atom. The quantitative estimate of drug-likeness (QED) is 0.310. The van der Waals surface area contributed by atoms with Crippen molar-refractivity contribution in [2.45, 2.75) is 0 Å². The second-order valence-corrected chi connectivity index (χ2v) is 7.33. The molecule has 150 valence electrons. The standard InChI is InChI=1S/C27H18F2N2/c28-22-5-1-3-18(15-22)7-8-20-10-12-25-24(17-20)26-21(13-14-30-27(26)31-25)11-9-19-4-2-6-23(29)16-19/h1-17H,(H,30,31). The summed E-state index contributed by atoms with van der Waals surface area (Å²) in [7, 11) is 0. The van der Waals surface area contributed by atoms with Crippen LogP contribution in [0.2, 0.25) is 0 Å². The number of aromatic amines is 1. The van der Waals surface area contributed by atoms with Gasteiger partial charge in [-0.2, -0.15) is 0 Å². The first-order chi connectivity index (χ1) is 15.2. The molecule has 0 unspecified atom stereocenters. The Balaban J connectivity index is 1.56. The highest BCUT2D eigenvalue weighted by Crippen LogP contribution is 2.29. The van der Waals surface area contributed by atoms with Crippen LogP contribution in [0.4, 0.5) is 8.78 Å². The number of rotatable bonds is 4. The van der Waals surface area contributed by atoms with Crippen molar-refractivity contribution in [2.75, 3.05) is 0 Å². The van der Waals surface area contributed by atoms with Gasteiger partial charge in [-0.1, -0.05) is 54.6 Å². The summed E-state index contributed by atoms with van der Waals surface area (Å²) in [6.45, 7) is 0. The molecule has 0 saturated carbocycles. The summed E-state index contributed by atoms with van der Waals surface area (Å²) >= 11 is 0. The molecule has 2 heterocycles. The number of nitrogens with one attached hydrogen (secondary N) is 1. The fourth-order valence-electron chi connectivity index (χ4n) is 3.70. The van der Waals surface area contributed by atoms with Gasteiger partial charge in [0, 0.05) is 22.5 Å². The van der Waals surface area contributed by atoms with Crippen molar-refractivity contribution in [1.29, 1.82) is 0 Å². The molecule has 0 spiro atoms. The summed E-state index contributed by atoms with van der Waals surface area (Å²) < 4.78 is 26.9. The molecule has 0 aliphatic rings. The minimum atomic E-state index is -0.260. The smallest absolute Gasteiger partial charge is 0.138 e. The molecule has 0 saturated heterocycles. The van der Waals surface area contributed by atoms with E-state index >= 15 is 0 Å². The van der Waals surface area contributed by atoms with Crippen LogP contribution >= 0.6 is 0 Å². The van der Waals surface area contributed by atoms with Crippen LogP contribution in [0.5, 0.6) is 0 Å². The lowest BCUT2D eigenvalue weighted by Gasteiger charge is -2.00. The average molecular weight is 408 g/mol. The zero-order valence-electron chi connectivity index (χ0n) is 16.5. The summed E-state index contributed by atoms with van der Waals surface area (Å²) in [6, 6.07) is 21.0. The monoisotopic (exact) mass is 408 g/mol. The molecule has 0 atom stereocenters. The molecule has 0 bridgehead atoms.